The Morgan fingerprint density at radius 3 is 1.27 bits per heavy atom. The van der Waals surface area contributed by atoms with Gasteiger partial charge in [-0.1, -0.05) is 35.3 Å². The zero-order chi connectivity index (χ0) is 67.1. The van der Waals surface area contributed by atoms with Gasteiger partial charge in [0.1, 0.15) is 35.7 Å². The normalized spacial score (nSPS) is 13.9. The fraction of sp³-hybridized carbons (Fsp3) is 0.308. The Morgan fingerprint density at radius 1 is 0.554 bits per heavy atom. The number of carbonyl (C=O) groups is 4. The number of fused-ring (bicyclic) bond motifs is 2. The van der Waals surface area contributed by atoms with Crippen molar-refractivity contribution in [2.45, 2.75) is 72.7 Å². The van der Waals surface area contributed by atoms with E-state index in [0.717, 1.165) is 115 Å². The van der Waals surface area contributed by atoms with Gasteiger partial charge in [0.2, 0.25) is 20.0 Å². The number of benzene rings is 2. The van der Waals surface area contributed by atoms with Crippen LogP contribution < -0.4 is 40.2 Å². The van der Waals surface area contributed by atoms with Crippen molar-refractivity contribution < 1.29 is 106 Å². The number of carboxylic acid groups (broad SMARTS) is 1. The number of thiophene rings is 5. The molecule has 0 bridgehead atoms. The second-order valence-corrected chi connectivity index (χ2v) is 37.0. The number of aryl methyl sites for hydroxylation is 2. The molecule has 0 aliphatic heterocycles. The standard InChI is InChI=1S/C16H17ClN2O3S2.C9H10ClN.C9H13NO4S2.2C7H9NO4S2.C4H4BrNO2S2.Li.2H2O/c1-19(2)24(21,22)15-8-7-14(23-15)16(20)18-13-6-3-10-9-11(17)4-5-12(10)13;10-7-2-3-8-6(5-7)1-4-9(8)11;1-4-14-9(11)7-5-6-8(15-7)16(12,13)10(2)3;1-8(2)14(11,12)6-4-3-5(13-6)7(9)10;1-2-12-7(9)5-3-4-6(13-5)14(8,10)11;5-3-1-2-4(9-3)10(6,7)8;;;/h4-5,7-9,13H,3,6H2,1-2H3,(H,18,20);2-3,5,9H,1,4,11H2;5-6H,4H2,1-3H3;3-4H,1-2H3,(H,9,10);3-4H,2H2,1H3,(H2,8,10,11);1-2H,(H2,6,7,8);;2*1H2/q;;;;;;+1;;/p-1/t13-;9-;;;;;;;/m11......./s1. The van der Waals surface area contributed by atoms with E-state index in [1.807, 2.05) is 36.4 Å². The first-order valence-corrected chi connectivity index (χ1v) is 38.5. The average molecular weight is 1570 g/mol. The minimum atomic E-state index is -3.72. The predicted octanol–water partition coefficient (Wildman–Crippen LogP) is 4.96. The van der Waals surface area contributed by atoms with E-state index in [0.29, 0.717) is 14.8 Å². The van der Waals surface area contributed by atoms with Crippen LogP contribution in [-0.4, -0.2) is 150 Å². The molecule has 9 rings (SSSR count). The van der Waals surface area contributed by atoms with Gasteiger partial charge in [-0.05, 0) is 163 Å². The maximum atomic E-state index is 12.5. The molecule has 0 saturated heterocycles. The third-order valence-corrected chi connectivity index (χ3v) is 27.9. The fourth-order valence-corrected chi connectivity index (χ4v) is 18.8. The van der Waals surface area contributed by atoms with Gasteiger partial charge in [0.05, 0.1) is 27.9 Å². The second-order valence-electron chi connectivity index (χ2n) is 18.6. The van der Waals surface area contributed by atoms with Crippen LogP contribution in [0.15, 0.2) is 122 Å². The number of sulfonamides is 5. The number of primary sulfonamides is 2. The van der Waals surface area contributed by atoms with Gasteiger partial charge in [0, 0.05) is 58.4 Å². The first kappa shape index (κ1) is 85.9. The topological polar surface area (TPSA) is 439 Å². The molecule has 0 saturated carbocycles. The Morgan fingerprint density at radius 2 is 0.902 bits per heavy atom. The van der Waals surface area contributed by atoms with Crippen LogP contribution in [0.3, 0.4) is 0 Å². The summed E-state index contributed by atoms with van der Waals surface area (Å²) in [6.07, 6.45) is 3.83. The summed E-state index contributed by atoms with van der Waals surface area (Å²) in [5.74, 6) is -2.40. The molecule has 7 aromatic rings. The van der Waals surface area contributed by atoms with Crippen LogP contribution in [0.5, 0.6) is 0 Å². The SMILES string of the molecule is CCOC(=O)c1ccc(S(=O)(=O)N(C)C)s1.CCOC(=O)c1ccc(S(N)(=O)=O)s1.CN(C)S(=O)(=O)c1ccc(C(=O)N[C@@H]2CCc3cc(Cl)ccc32)s1.CN(C)S(=O)(=O)c1ccc(C(=O)O)s1.NS(=O)(=O)c1ccc(Br)s1.N[C@@H]1CCc2cc(Cl)ccc21.O.[Li+].[OH-]. The Hall–Kier alpha value is -4.09. The van der Waals surface area contributed by atoms with Crippen LogP contribution >= 0.6 is 95.8 Å². The van der Waals surface area contributed by atoms with E-state index in [1.54, 1.807) is 26.0 Å². The molecule has 0 fully saturated rings. The maximum absolute atomic E-state index is 12.5. The van der Waals surface area contributed by atoms with Gasteiger partial charge in [0.25, 0.3) is 36.0 Å². The maximum Gasteiger partial charge on any atom is 1.00 e. The molecule has 2 aliphatic rings. The third-order valence-electron chi connectivity index (χ3n) is 11.7. The van der Waals surface area contributed by atoms with Gasteiger partial charge < -0.3 is 36.6 Å². The quantitative estimate of drug-likeness (QED) is 0.0669. The van der Waals surface area contributed by atoms with Crippen molar-refractivity contribution in [3.05, 3.63) is 153 Å². The summed E-state index contributed by atoms with van der Waals surface area (Å²) in [5, 5.41) is 22.8. The zero-order valence-electron chi connectivity index (χ0n) is 50.4. The van der Waals surface area contributed by atoms with E-state index in [-0.39, 0.29) is 91.8 Å². The molecule has 0 radical (unpaired) electrons. The van der Waals surface area contributed by atoms with Crippen molar-refractivity contribution in [1.82, 2.24) is 18.2 Å². The zero-order valence-corrected chi connectivity index (χ0v) is 61.6. The number of aromatic carboxylic acids is 1. The predicted molar refractivity (Wildman–Crippen MR) is 356 cm³/mol. The van der Waals surface area contributed by atoms with E-state index < -0.39 is 68.0 Å². The number of carbonyl (C=O) groups excluding carboxylic acids is 3. The van der Waals surface area contributed by atoms with Crippen LogP contribution in [0.2, 0.25) is 10.0 Å². The smallest absolute Gasteiger partial charge is 0.870 e. The number of hydrogen-bond donors (Lipinski definition) is 5. The Kier molecular flexibility index (Phi) is 35.0. The van der Waals surface area contributed by atoms with Crippen molar-refractivity contribution in [3.63, 3.8) is 0 Å². The molecule has 2 aromatic carbocycles. The number of hydrogen-bond acceptors (Lipinski definition) is 23. The van der Waals surface area contributed by atoms with Gasteiger partial charge in [-0.3, -0.25) is 4.79 Å². The van der Waals surface area contributed by atoms with E-state index in [1.165, 1.54) is 102 Å². The summed E-state index contributed by atoms with van der Waals surface area (Å²) >= 11 is 19.5. The van der Waals surface area contributed by atoms with Crippen molar-refractivity contribution in [3.8, 4) is 0 Å². The number of esters is 2. The van der Waals surface area contributed by atoms with Gasteiger partial charge in [-0.2, -0.15) is 0 Å². The molecule has 504 valence electrons. The Labute approximate surface area is 584 Å². The van der Waals surface area contributed by atoms with Crippen LogP contribution in [0.25, 0.3) is 0 Å². The average Bonchev–Trinajstić information content (AvgIpc) is 1.71. The van der Waals surface area contributed by atoms with Crippen molar-refractivity contribution >= 4 is 170 Å². The van der Waals surface area contributed by atoms with Gasteiger partial charge >= 0.3 is 36.8 Å². The van der Waals surface area contributed by atoms with Crippen LogP contribution in [-0.2, 0) is 72.4 Å². The molecule has 92 heavy (non-hydrogen) atoms. The van der Waals surface area contributed by atoms with Crippen LogP contribution in [0, 0.1) is 0 Å². The first-order valence-electron chi connectivity index (χ1n) is 25.4. The summed E-state index contributed by atoms with van der Waals surface area (Å²) in [6, 6.07) is 26.0. The number of ether oxygens (including phenoxy) is 2. The van der Waals surface area contributed by atoms with Crippen molar-refractivity contribution in [2.75, 3.05) is 55.5 Å². The van der Waals surface area contributed by atoms with Gasteiger partial charge in [0.15, 0.2) is 0 Å². The number of halogens is 3. The minimum Gasteiger partial charge on any atom is -0.870 e. The number of carboxylic acids is 1. The molecule has 11 N–H and O–H groups in total. The molecule has 0 spiro atoms. The largest absolute Gasteiger partial charge is 1.00 e. The van der Waals surface area contributed by atoms with Crippen molar-refractivity contribution in [1.29, 1.82) is 0 Å². The van der Waals surface area contributed by atoms with Crippen LogP contribution in [0.1, 0.15) is 99.7 Å². The van der Waals surface area contributed by atoms with E-state index in [4.69, 9.17) is 49.1 Å². The number of nitrogens with one attached hydrogen (secondary N) is 1. The van der Waals surface area contributed by atoms with E-state index in [9.17, 15) is 61.3 Å². The number of rotatable bonds is 15. The third kappa shape index (κ3) is 24.5. The summed E-state index contributed by atoms with van der Waals surface area (Å²) < 4.78 is 128. The molecule has 5 aromatic heterocycles. The van der Waals surface area contributed by atoms with Crippen molar-refractivity contribution in [2.24, 2.45) is 16.0 Å². The summed E-state index contributed by atoms with van der Waals surface area (Å²) in [4.78, 5) is 46.4. The molecule has 2 aliphatic carbocycles. The van der Waals surface area contributed by atoms with Crippen LogP contribution in [0.4, 0.5) is 0 Å². The Balaban J connectivity index is 0.000000562. The number of nitrogens with zero attached hydrogens (tertiary/aromatic N) is 3. The molecule has 40 heteroatoms. The van der Waals surface area contributed by atoms with E-state index >= 15 is 0 Å². The minimum absolute atomic E-state index is 0. The summed E-state index contributed by atoms with van der Waals surface area (Å²) in [7, 11) is -9.07. The molecule has 2 atom stereocenters. The fourth-order valence-electron chi connectivity index (χ4n) is 7.29. The summed E-state index contributed by atoms with van der Waals surface area (Å²) in [5.41, 5.74) is 10.7. The Bertz CT molecular complexity index is 4240. The molecule has 1 amide bonds. The molecular weight excluding hydrogens is 1510 g/mol. The van der Waals surface area contributed by atoms with E-state index in [2.05, 4.69) is 26.0 Å². The van der Waals surface area contributed by atoms with Gasteiger partial charge in [-0.25, -0.2) is 79.7 Å². The summed E-state index contributed by atoms with van der Waals surface area (Å²) in [6.45, 7) is 3.89. The first-order chi connectivity index (χ1) is 41.2. The second kappa shape index (κ2) is 37.4. The monoisotopic (exact) mass is 1570 g/mol. The molecule has 5 heterocycles. The molecule has 0 unspecified atom stereocenters. The number of nitrogens with two attached hydrogens (primary N) is 3. The van der Waals surface area contributed by atoms with Gasteiger partial charge in [-0.15, -0.1) is 56.7 Å². The number of amides is 1. The molecule has 26 nitrogen and oxygen atoms in total. The molecular formula is C52H65BrCl2LiN7O19S10.